The van der Waals surface area contributed by atoms with Crippen LogP contribution in [0.1, 0.15) is 165 Å². The minimum Gasteiger partial charge on any atom is -0.437 e. The first-order valence-corrected chi connectivity index (χ1v) is 41.8. The van der Waals surface area contributed by atoms with Gasteiger partial charge in [-0.15, -0.1) is 0 Å². The topological polar surface area (TPSA) is 150 Å². The Bertz CT molecular complexity index is 8000. The summed E-state index contributed by atoms with van der Waals surface area (Å²) in [5.41, 5.74) is 34.5. The fourth-order valence-corrected chi connectivity index (χ4v) is 16.7. The first-order chi connectivity index (χ1) is 61.8. The van der Waals surface area contributed by atoms with Crippen LogP contribution in [0.3, 0.4) is 0 Å². The Hall–Kier alpha value is -13.4. The Kier molecular flexibility index (Phi) is 19.8. The molecule has 20 aromatic rings. The van der Waals surface area contributed by atoms with Crippen molar-refractivity contribution in [2.75, 3.05) is 0 Å². The Balaban J connectivity index is 0.000000120. The van der Waals surface area contributed by atoms with E-state index in [9.17, 15) is 0 Å². The molecule has 0 saturated carbocycles. The van der Waals surface area contributed by atoms with Gasteiger partial charge in [0.1, 0.15) is 35.2 Å². The highest BCUT2D eigenvalue weighted by Gasteiger charge is 2.29. The zero-order valence-electron chi connectivity index (χ0n) is 82.6. The van der Waals surface area contributed by atoms with Crippen LogP contribution in [0, 0.1) is 96.9 Å². The third-order valence-electron chi connectivity index (χ3n) is 23.9. The van der Waals surface area contributed by atoms with E-state index in [0.717, 1.165) is 183 Å². The molecule has 15 aromatic heterocycles. The third kappa shape index (κ3) is 15.8. The molecule has 0 bridgehead atoms. The number of pyridine rings is 10. The Morgan fingerprint density at radius 1 is 0.260 bits per heavy atom. The number of nitrogens with zero attached hydrogens (tertiary/aromatic N) is 10. The molecule has 15 heterocycles. The van der Waals surface area contributed by atoms with Crippen molar-refractivity contribution in [3.8, 4) is 56.3 Å². The molecule has 15 heteroatoms. The van der Waals surface area contributed by atoms with E-state index in [0.29, 0.717) is 51.2 Å². The largest absolute Gasteiger partial charge is 0.437 e. The average molecular weight is 1640 g/mol. The van der Waals surface area contributed by atoms with E-state index in [4.69, 9.17) is 33.1 Å². The van der Waals surface area contributed by atoms with E-state index < -0.39 is 25.5 Å². The van der Waals surface area contributed by atoms with Crippen molar-refractivity contribution in [2.45, 2.75) is 156 Å². The zero-order valence-corrected chi connectivity index (χ0v) is 74.6. The molecule has 20 rings (SSSR count). The maximum absolute atomic E-state index is 8.47. The van der Waals surface area contributed by atoms with Crippen molar-refractivity contribution in [1.82, 2.24) is 24.9 Å². The normalized spacial score (nSPS) is 13.4. The second kappa shape index (κ2) is 33.2. The van der Waals surface area contributed by atoms with E-state index in [1.54, 1.807) is 24.5 Å². The molecule has 123 heavy (non-hydrogen) atoms. The molecule has 0 aliphatic rings. The van der Waals surface area contributed by atoms with Crippen LogP contribution < -0.4 is 22.8 Å². The molecule has 0 fully saturated rings. The smallest absolute Gasteiger partial charge is 0.227 e. The van der Waals surface area contributed by atoms with E-state index in [1.165, 1.54) is 40.4 Å². The van der Waals surface area contributed by atoms with Gasteiger partial charge in [-0.25, -0.2) is 47.8 Å². The van der Waals surface area contributed by atoms with Crippen molar-refractivity contribution in [3.63, 3.8) is 0 Å². The summed E-state index contributed by atoms with van der Waals surface area (Å²) in [5, 5.41) is 10.4. The molecule has 1 unspecified atom stereocenters. The van der Waals surface area contributed by atoms with Crippen LogP contribution in [0.5, 0.6) is 0 Å². The first-order valence-electron chi connectivity index (χ1n) is 45.8. The number of hydrogen-bond donors (Lipinski definition) is 0. The van der Waals surface area contributed by atoms with Crippen molar-refractivity contribution >= 4 is 110 Å². The van der Waals surface area contributed by atoms with Gasteiger partial charge in [0.2, 0.25) is 57.0 Å². The quantitative estimate of drug-likeness (QED) is 0.135. The highest BCUT2D eigenvalue weighted by atomic mass is 16.4. The Morgan fingerprint density at radius 2 is 0.504 bits per heavy atom. The summed E-state index contributed by atoms with van der Waals surface area (Å²) in [4.78, 5) is 22.7. The van der Waals surface area contributed by atoms with Crippen LogP contribution in [0.25, 0.3) is 167 Å². The van der Waals surface area contributed by atoms with Gasteiger partial charge in [0.25, 0.3) is 0 Å². The summed E-state index contributed by atoms with van der Waals surface area (Å²) in [5.74, 6) is -1.89. The van der Waals surface area contributed by atoms with E-state index in [2.05, 4.69) is 205 Å². The summed E-state index contributed by atoms with van der Waals surface area (Å²) in [6, 6.07) is 57.6. The number of aryl methyl sites for hydroxylation is 19. The van der Waals surface area contributed by atoms with Gasteiger partial charge in [-0.3, -0.25) is 0 Å². The van der Waals surface area contributed by atoms with Crippen molar-refractivity contribution in [1.29, 1.82) is 0 Å². The van der Waals surface area contributed by atoms with Crippen LogP contribution in [-0.2, 0) is 35.2 Å². The average Bonchev–Trinajstić information content (AvgIpc) is 1.69. The summed E-state index contributed by atoms with van der Waals surface area (Å²) in [6.07, 6.45) is 9.82. The molecular formula is C108H111N10O5+5. The number of fused-ring (bicyclic) bond motifs is 15. The highest BCUT2D eigenvalue weighted by Crippen LogP contribution is 2.43. The SMILES string of the molecule is Cc1ccc2c(n1)oc1c(-c3cc(C(C)C)cc[n+]3C)c(C)ccc12.Cc1ccc2c(n1)oc1c(-c3cc(C)c(C)c[n+]3C)c(C)ccc12.[2H]C(C)(C)c1cc[n+](C)c(-c2c(C)ccc3c2oc2nc(C)ccc23)c1.[2H]C([2H])([2H])C([2H])(C)c1cc[n+](C)c(-c2c(C)ccc3c2oc2nc(C)ccc23)c1.[2H]C([2H])([2H])c1c[n+](C)c(-c2c(C)ccc3c2oc2nc(C)ccc23)cc1C. The van der Waals surface area contributed by atoms with Gasteiger partial charge in [-0.05, 0) is 231 Å². The lowest BCUT2D eigenvalue weighted by atomic mass is 9.97. The number of hydrogen-bond acceptors (Lipinski definition) is 10. The maximum atomic E-state index is 8.47. The molecule has 0 aliphatic carbocycles. The van der Waals surface area contributed by atoms with Crippen molar-refractivity contribution in [3.05, 3.63) is 296 Å². The summed E-state index contributed by atoms with van der Waals surface area (Å²) >= 11 is 0. The van der Waals surface area contributed by atoms with Crippen molar-refractivity contribution < 1.29 is 55.9 Å². The molecule has 0 saturated heterocycles. The van der Waals surface area contributed by atoms with Crippen LogP contribution >= 0.6 is 0 Å². The van der Waals surface area contributed by atoms with Gasteiger partial charge in [-0.2, -0.15) is 0 Å². The van der Waals surface area contributed by atoms with Gasteiger partial charge in [-0.1, -0.05) is 102 Å². The molecule has 0 aliphatic heterocycles. The predicted molar refractivity (Wildman–Crippen MR) is 499 cm³/mol. The lowest BCUT2D eigenvalue weighted by molar-refractivity contribution is -0.660. The summed E-state index contributed by atoms with van der Waals surface area (Å²) in [6.45, 7) is 31.5. The lowest BCUT2D eigenvalue weighted by Crippen LogP contribution is -2.31. The number of furan rings is 5. The maximum Gasteiger partial charge on any atom is 0.227 e. The molecule has 15 nitrogen and oxygen atoms in total. The Morgan fingerprint density at radius 3 is 0.772 bits per heavy atom. The Labute approximate surface area is 730 Å². The first kappa shape index (κ1) is 73.5. The van der Waals surface area contributed by atoms with E-state index in [-0.39, 0.29) is 0 Å². The second-order valence-corrected chi connectivity index (χ2v) is 33.8. The third-order valence-corrected chi connectivity index (χ3v) is 23.9. The van der Waals surface area contributed by atoms with Crippen LogP contribution in [0.4, 0.5) is 0 Å². The molecule has 0 amide bonds. The molecule has 0 N–H and O–H groups in total. The standard InChI is InChI=1S/3C22H23N2O.2C21H21N2O/c3*1-13(2)16-10-11-24(5)19(12-16)20-14(3)6-8-17-18-9-7-15(4)23-22(18)25-21(17)20;2*1-12-6-8-16-17-9-7-15(4)22-21(17)24-20(16)19(12)18-10-13(2)14(3)11-23(18)5/h3*6-13H,1-5H3;2*6-11H,1-5H3/q5*+1/i1D3,13D;13D;;3D3;. The minimum absolute atomic E-state index is 0.362. The van der Waals surface area contributed by atoms with Crippen molar-refractivity contribution in [2.24, 2.45) is 35.2 Å². The molecule has 1 atom stereocenters. The monoisotopic (exact) mass is 1640 g/mol. The molecular weight excluding hydrogens is 1520 g/mol. The number of benzene rings is 5. The van der Waals surface area contributed by atoms with Crippen LogP contribution in [0.2, 0.25) is 0 Å². The van der Waals surface area contributed by atoms with Gasteiger partial charge in [0, 0.05) is 153 Å². The van der Waals surface area contributed by atoms with E-state index in [1.807, 2.05) is 172 Å². The van der Waals surface area contributed by atoms with Gasteiger partial charge < -0.3 is 22.1 Å². The fraction of sp³-hybridized carbons (Fsp3) is 0.259. The molecule has 0 spiro atoms. The van der Waals surface area contributed by atoms with Crippen LogP contribution in [-0.4, -0.2) is 24.9 Å². The predicted octanol–water partition coefficient (Wildman–Crippen LogP) is 25.1. The van der Waals surface area contributed by atoms with E-state index >= 15 is 0 Å². The molecule has 0 radical (unpaired) electrons. The highest BCUT2D eigenvalue weighted by molar-refractivity contribution is 6.13. The fourth-order valence-electron chi connectivity index (χ4n) is 16.7. The number of rotatable bonds is 8. The molecule has 5 aromatic carbocycles. The molecule has 618 valence electrons. The summed E-state index contributed by atoms with van der Waals surface area (Å²) in [7, 11) is 9.97. The van der Waals surface area contributed by atoms with Crippen LogP contribution in [0.15, 0.2) is 223 Å². The second-order valence-electron chi connectivity index (χ2n) is 33.8. The minimum atomic E-state index is -2.44. The lowest BCUT2D eigenvalue weighted by Gasteiger charge is -2.09. The number of aromatic nitrogens is 10. The zero-order chi connectivity index (χ0) is 94.0. The van der Waals surface area contributed by atoms with Gasteiger partial charge >= 0.3 is 0 Å². The van der Waals surface area contributed by atoms with Gasteiger partial charge in [0.05, 0.1) is 27.8 Å². The van der Waals surface area contributed by atoms with Gasteiger partial charge in [0.15, 0.2) is 58.9 Å². The summed E-state index contributed by atoms with van der Waals surface area (Å²) < 4.78 is 105.